The van der Waals surface area contributed by atoms with Crippen LogP contribution in [0.25, 0.3) is 0 Å². The molecule has 0 spiro atoms. The summed E-state index contributed by atoms with van der Waals surface area (Å²) in [5.74, 6) is 2.19. The monoisotopic (exact) mass is 572 g/mol. The lowest BCUT2D eigenvalue weighted by molar-refractivity contribution is 0.160. The Balaban J connectivity index is 1.70. The Morgan fingerprint density at radius 2 is 0.805 bits per heavy atom. The van der Waals surface area contributed by atoms with Crippen molar-refractivity contribution in [1.29, 1.82) is 0 Å². The van der Waals surface area contributed by atoms with E-state index in [-0.39, 0.29) is 39.3 Å². The van der Waals surface area contributed by atoms with E-state index in [1.165, 1.54) is 0 Å². The molecule has 3 aliphatic heterocycles. The topological polar surface area (TPSA) is 93.3 Å². The molecule has 4 heterocycles. The van der Waals surface area contributed by atoms with Crippen LogP contribution in [0.1, 0.15) is 122 Å². The van der Waals surface area contributed by atoms with E-state index in [9.17, 15) is 0 Å². The molecule has 0 bridgehead atoms. The zero-order valence-corrected chi connectivity index (χ0v) is 28.7. The first-order valence-electron chi connectivity index (χ1n) is 15.8. The highest BCUT2D eigenvalue weighted by Gasteiger charge is 2.42. The maximum Gasteiger partial charge on any atom is 0.231 e. The molecule has 4 N–H and O–H groups in total. The summed E-state index contributed by atoms with van der Waals surface area (Å²) in [6.45, 7) is 27.6. The van der Waals surface area contributed by atoms with Crippen LogP contribution < -0.4 is 31.1 Å². The van der Waals surface area contributed by atoms with Crippen molar-refractivity contribution in [2.24, 2.45) is 0 Å². The van der Waals surface area contributed by atoms with Gasteiger partial charge in [-0.1, -0.05) is 0 Å². The summed E-state index contributed by atoms with van der Waals surface area (Å²) in [4.78, 5) is 20.0. The number of rotatable bonds is 6. The molecule has 0 radical (unpaired) electrons. The second-order valence-electron chi connectivity index (χ2n) is 17.5. The first-order valence-corrected chi connectivity index (χ1v) is 15.8. The van der Waals surface area contributed by atoms with Crippen LogP contribution in [0, 0.1) is 0 Å². The molecule has 0 atom stereocenters. The van der Waals surface area contributed by atoms with Crippen molar-refractivity contribution < 1.29 is 0 Å². The number of piperidine rings is 3. The van der Waals surface area contributed by atoms with Crippen LogP contribution in [0.4, 0.5) is 17.8 Å². The molecule has 9 heteroatoms. The minimum absolute atomic E-state index is 0.0320. The average Bonchev–Trinajstić information content (AvgIpc) is 2.71. The molecule has 0 amide bonds. The Hall–Kier alpha value is -1.71. The van der Waals surface area contributed by atoms with Gasteiger partial charge in [0.1, 0.15) is 0 Å². The number of hydrogen-bond donors (Lipinski definition) is 4. The van der Waals surface area contributed by atoms with Crippen LogP contribution in [-0.4, -0.2) is 80.4 Å². The highest BCUT2D eigenvalue weighted by atomic mass is 15.4. The largest absolute Gasteiger partial charge is 0.351 e. The molecule has 1 aromatic rings. The van der Waals surface area contributed by atoms with Crippen molar-refractivity contribution >= 4 is 17.8 Å². The van der Waals surface area contributed by atoms with E-state index in [0.717, 1.165) is 50.4 Å². The maximum absolute atomic E-state index is 5.16. The van der Waals surface area contributed by atoms with E-state index < -0.39 is 0 Å². The van der Waals surface area contributed by atoms with Crippen molar-refractivity contribution in [2.75, 3.05) is 29.2 Å². The van der Waals surface area contributed by atoms with Crippen LogP contribution in [0.5, 0.6) is 0 Å². The summed E-state index contributed by atoms with van der Waals surface area (Å²) in [6, 6.07) is 0.916. The van der Waals surface area contributed by atoms with Gasteiger partial charge in [0.2, 0.25) is 17.8 Å². The molecule has 3 saturated heterocycles. The fourth-order valence-corrected chi connectivity index (χ4v) is 8.75. The standard InChI is InChI=1S/C32H61N9/c1-27(2)15-21(16-28(3,4)37-27)33-24-34-25(40(13)22-17-29(5,6)38-30(7,8)18-22)36-26(35-24)41(14)23-19-31(9,10)39-32(11,12)20-23/h21-23,37-39H,15-20H2,1-14H3,(H,33,34,35,36). The van der Waals surface area contributed by atoms with Gasteiger partial charge in [-0.15, -0.1) is 0 Å². The second-order valence-corrected chi connectivity index (χ2v) is 17.5. The second kappa shape index (κ2) is 10.5. The molecule has 1 aromatic heterocycles. The van der Waals surface area contributed by atoms with Gasteiger partial charge < -0.3 is 31.1 Å². The molecule has 0 unspecified atom stereocenters. The fourth-order valence-electron chi connectivity index (χ4n) is 8.75. The summed E-state index contributed by atoms with van der Waals surface area (Å²) in [5, 5.41) is 15.2. The van der Waals surface area contributed by atoms with Crippen LogP contribution in [0.15, 0.2) is 0 Å². The molecule has 0 saturated carbocycles. The molecule has 0 aromatic carbocycles. The first kappa shape index (κ1) is 32.2. The lowest BCUT2D eigenvalue weighted by Gasteiger charge is -2.49. The Morgan fingerprint density at radius 1 is 0.512 bits per heavy atom. The fraction of sp³-hybridized carbons (Fsp3) is 0.906. The maximum atomic E-state index is 5.16. The number of anilines is 3. The molecule has 234 valence electrons. The van der Waals surface area contributed by atoms with Gasteiger partial charge in [0.05, 0.1) is 0 Å². The van der Waals surface area contributed by atoms with Gasteiger partial charge in [0, 0.05) is 65.5 Å². The predicted molar refractivity (Wildman–Crippen MR) is 173 cm³/mol. The molecule has 4 rings (SSSR count). The number of aromatic nitrogens is 3. The van der Waals surface area contributed by atoms with Crippen molar-refractivity contribution in [3.05, 3.63) is 0 Å². The SMILES string of the molecule is CN(c1nc(NC2CC(C)(C)NC(C)(C)C2)nc(N(C)C2CC(C)(C)NC(C)(C)C2)n1)C1CC(C)(C)NC(C)(C)C1. The first-order chi connectivity index (χ1) is 18.4. The number of nitrogens with one attached hydrogen (secondary N) is 4. The van der Waals surface area contributed by atoms with Gasteiger partial charge >= 0.3 is 0 Å². The normalized spacial score (nSPS) is 27.3. The van der Waals surface area contributed by atoms with Gasteiger partial charge in [-0.2, -0.15) is 15.0 Å². The quantitative estimate of drug-likeness (QED) is 0.373. The number of hydrogen-bond acceptors (Lipinski definition) is 9. The summed E-state index contributed by atoms with van der Waals surface area (Å²) >= 11 is 0. The highest BCUT2D eigenvalue weighted by molar-refractivity contribution is 5.47. The molecule has 3 fully saturated rings. The minimum Gasteiger partial charge on any atom is -0.351 e. The van der Waals surface area contributed by atoms with E-state index in [1.807, 2.05) is 0 Å². The van der Waals surface area contributed by atoms with Gasteiger partial charge in [0.15, 0.2) is 0 Å². The third-order valence-corrected chi connectivity index (χ3v) is 9.20. The lowest BCUT2D eigenvalue weighted by atomic mass is 9.79. The third kappa shape index (κ3) is 8.23. The van der Waals surface area contributed by atoms with Crippen molar-refractivity contribution in [1.82, 2.24) is 30.9 Å². The van der Waals surface area contributed by atoms with Gasteiger partial charge in [0.25, 0.3) is 0 Å². The van der Waals surface area contributed by atoms with E-state index in [2.05, 4.69) is 128 Å². The van der Waals surface area contributed by atoms with E-state index in [1.54, 1.807) is 0 Å². The molecule has 41 heavy (non-hydrogen) atoms. The van der Waals surface area contributed by atoms with Gasteiger partial charge in [-0.25, -0.2) is 0 Å². The molecule has 0 aliphatic carbocycles. The zero-order valence-electron chi connectivity index (χ0n) is 28.7. The Kier molecular flexibility index (Phi) is 8.23. The Morgan fingerprint density at radius 3 is 1.12 bits per heavy atom. The van der Waals surface area contributed by atoms with Gasteiger partial charge in [-0.05, 0) is 122 Å². The summed E-state index contributed by atoms with van der Waals surface area (Å²) in [6.07, 6.45) is 6.12. The molecular weight excluding hydrogens is 510 g/mol. The smallest absolute Gasteiger partial charge is 0.231 e. The Labute approximate surface area is 250 Å². The van der Waals surface area contributed by atoms with Crippen LogP contribution in [0.3, 0.4) is 0 Å². The van der Waals surface area contributed by atoms with Gasteiger partial charge in [-0.3, -0.25) is 0 Å². The van der Waals surface area contributed by atoms with Crippen molar-refractivity contribution in [2.45, 2.75) is 173 Å². The summed E-state index contributed by atoms with van der Waals surface area (Å²) < 4.78 is 0. The molecule has 3 aliphatic rings. The van der Waals surface area contributed by atoms with E-state index in [0.29, 0.717) is 18.0 Å². The molecule has 9 nitrogen and oxygen atoms in total. The van der Waals surface area contributed by atoms with E-state index >= 15 is 0 Å². The number of nitrogens with zero attached hydrogens (tertiary/aromatic N) is 5. The average molecular weight is 572 g/mol. The minimum atomic E-state index is 0.0320. The zero-order chi connectivity index (χ0) is 30.8. The Bertz CT molecular complexity index is 980. The van der Waals surface area contributed by atoms with Crippen LogP contribution in [0.2, 0.25) is 0 Å². The summed E-state index contributed by atoms with van der Waals surface area (Å²) in [5.41, 5.74) is 0.203. The van der Waals surface area contributed by atoms with Crippen molar-refractivity contribution in [3.8, 4) is 0 Å². The van der Waals surface area contributed by atoms with Crippen LogP contribution >= 0.6 is 0 Å². The third-order valence-electron chi connectivity index (χ3n) is 9.20. The summed E-state index contributed by atoms with van der Waals surface area (Å²) in [7, 11) is 4.33. The van der Waals surface area contributed by atoms with Crippen molar-refractivity contribution in [3.63, 3.8) is 0 Å². The van der Waals surface area contributed by atoms with E-state index in [4.69, 9.17) is 15.0 Å². The predicted octanol–water partition coefficient (Wildman–Crippen LogP) is 5.08. The molecular formula is C32H61N9. The lowest BCUT2D eigenvalue weighted by Crippen LogP contribution is -2.62. The van der Waals surface area contributed by atoms with Crippen LogP contribution in [-0.2, 0) is 0 Å². The highest BCUT2D eigenvalue weighted by Crippen LogP contribution is 2.36.